The van der Waals surface area contributed by atoms with E-state index in [1.54, 1.807) is 12.1 Å². The molecule has 0 fully saturated rings. The van der Waals surface area contributed by atoms with Gasteiger partial charge in [-0.3, -0.25) is 10.1 Å². The molecule has 0 atom stereocenters. The Balaban J connectivity index is 0.000001000. The van der Waals surface area contributed by atoms with Crippen LogP contribution in [0.25, 0.3) is 0 Å². The molecule has 60 valence electrons. The quantitative estimate of drug-likeness (QED) is 0.483. The van der Waals surface area contributed by atoms with E-state index in [1.165, 1.54) is 6.07 Å². The molecule has 4 heteroatoms. The molecule has 3 nitrogen and oxygen atoms in total. The van der Waals surface area contributed by atoms with E-state index in [2.05, 4.69) is 0 Å². The lowest BCUT2D eigenvalue weighted by Gasteiger charge is -1.90. The summed E-state index contributed by atoms with van der Waals surface area (Å²) in [4.78, 5) is 9.76. The third kappa shape index (κ3) is 2.55. The summed E-state index contributed by atoms with van der Waals surface area (Å²) in [5.41, 5.74) is 1.06. The van der Waals surface area contributed by atoms with Crippen LogP contribution in [0.3, 0.4) is 0 Å². The van der Waals surface area contributed by atoms with Gasteiger partial charge in [0.15, 0.2) is 0 Å². The second-order valence-corrected chi connectivity index (χ2v) is 2.10. The van der Waals surface area contributed by atoms with E-state index >= 15 is 0 Å². The van der Waals surface area contributed by atoms with Gasteiger partial charge >= 0.3 is 0 Å². The summed E-state index contributed by atoms with van der Waals surface area (Å²) < 4.78 is 0. The largest absolute Gasteiger partial charge is 0.269 e. The van der Waals surface area contributed by atoms with Crippen molar-refractivity contribution in [2.75, 3.05) is 0 Å². The first-order valence-corrected chi connectivity index (χ1v) is 2.91. The Labute approximate surface area is 70.6 Å². The second-order valence-electron chi connectivity index (χ2n) is 2.10. The highest BCUT2D eigenvalue weighted by atomic mass is 35.5. The van der Waals surface area contributed by atoms with E-state index in [1.807, 2.05) is 13.0 Å². The molecule has 0 saturated heterocycles. The normalized spacial score (nSPS) is 8.45. The highest BCUT2D eigenvalue weighted by Crippen LogP contribution is 2.11. The van der Waals surface area contributed by atoms with Crippen LogP contribution in [0.4, 0.5) is 5.69 Å². The number of nitro groups is 1. The van der Waals surface area contributed by atoms with E-state index < -0.39 is 4.92 Å². The molecule has 1 aromatic carbocycles. The van der Waals surface area contributed by atoms with E-state index in [0.29, 0.717) is 0 Å². The number of hydrogen-bond acceptors (Lipinski definition) is 2. The summed E-state index contributed by atoms with van der Waals surface area (Å²) in [6.45, 7) is 1.83. The van der Waals surface area contributed by atoms with Crippen molar-refractivity contribution < 1.29 is 4.92 Å². The molecule has 0 radical (unpaired) electrons. The molecule has 0 heterocycles. The van der Waals surface area contributed by atoms with Crippen molar-refractivity contribution in [2.24, 2.45) is 0 Å². The number of nitro benzene ring substituents is 1. The average Bonchev–Trinajstić information content (AvgIpc) is 1.88. The van der Waals surface area contributed by atoms with E-state index in [0.717, 1.165) is 5.56 Å². The van der Waals surface area contributed by atoms with Gasteiger partial charge < -0.3 is 0 Å². The van der Waals surface area contributed by atoms with Crippen LogP contribution in [0, 0.1) is 17.0 Å². The molecule has 0 spiro atoms. The molecule has 1 aromatic rings. The molecule has 11 heavy (non-hydrogen) atoms. The van der Waals surface area contributed by atoms with Crippen LogP contribution in [-0.4, -0.2) is 4.92 Å². The van der Waals surface area contributed by atoms with Crippen molar-refractivity contribution in [3.8, 4) is 0 Å². The maximum absolute atomic E-state index is 10.2. The molecule has 0 aliphatic heterocycles. The molecule has 0 unspecified atom stereocenters. The smallest absolute Gasteiger partial charge is 0.258 e. The minimum absolute atomic E-state index is 0. The van der Waals surface area contributed by atoms with Gasteiger partial charge in [-0.15, -0.1) is 12.4 Å². The third-order valence-corrected chi connectivity index (χ3v) is 1.21. The van der Waals surface area contributed by atoms with Gasteiger partial charge in [0.05, 0.1) is 4.92 Å². The predicted molar refractivity (Wildman–Crippen MR) is 45.1 cm³/mol. The topological polar surface area (TPSA) is 43.1 Å². The first-order valence-electron chi connectivity index (χ1n) is 2.91. The molecule has 0 amide bonds. The lowest BCUT2D eigenvalue weighted by atomic mass is 10.2. The summed E-state index contributed by atoms with van der Waals surface area (Å²) in [7, 11) is 0. The van der Waals surface area contributed by atoms with Crippen molar-refractivity contribution in [3.63, 3.8) is 0 Å². The first kappa shape index (κ1) is 9.91. The number of non-ortho nitro benzene ring substituents is 1. The maximum atomic E-state index is 10.2. The molecule has 0 aliphatic carbocycles. The van der Waals surface area contributed by atoms with Crippen molar-refractivity contribution in [2.45, 2.75) is 6.92 Å². The van der Waals surface area contributed by atoms with Gasteiger partial charge in [0.25, 0.3) is 5.69 Å². The number of benzene rings is 1. The zero-order valence-corrected chi connectivity index (χ0v) is 6.80. The summed E-state index contributed by atoms with van der Waals surface area (Å²) in [6.07, 6.45) is 0. The Morgan fingerprint density at radius 1 is 1.45 bits per heavy atom. The molecule has 1 rings (SSSR count). The monoisotopic (exact) mass is 173 g/mol. The SMILES string of the molecule is Cc1cccc([N+](=O)[O-])c1.Cl. The van der Waals surface area contributed by atoms with Gasteiger partial charge in [0, 0.05) is 12.1 Å². The fraction of sp³-hybridized carbons (Fsp3) is 0.143. The zero-order chi connectivity index (χ0) is 7.56. The van der Waals surface area contributed by atoms with E-state index in [-0.39, 0.29) is 18.1 Å². The zero-order valence-electron chi connectivity index (χ0n) is 5.98. The Kier molecular flexibility index (Phi) is 3.54. The van der Waals surface area contributed by atoms with Crippen molar-refractivity contribution in [1.82, 2.24) is 0 Å². The van der Waals surface area contributed by atoms with Gasteiger partial charge in [-0.25, -0.2) is 0 Å². The number of nitrogens with zero attached hydrogens (tertiary/aromatic N) is 1. The van der Waals surface area contributed by atoms with Crippen molar-refractivity contribution in [1.29, 1.82) is 0 Å². The van der Waals surface area contributed by atoms with Gasteiger partial charge in [-0.05, 0) is 12.5 Å². The molecular formula is C7H8ClNO2. The third-order valence-electron chi connectivity index (χ3n) is 1.21. The van der Waals surface area contributed by atoms with Gasteiger partial charge in [0.2, 0.25) is 0 Å². The van der Waals surface area contributed by atoms with Gasteiger partial charge in [0.1, 0.15) is 0 Å². The maximum Gasteiger partial charge on any atom is 0.269 e. The van der Waals surface area contributed by atoms with E-state index in [4.69, 9.17) is 0 Å². The molecule has 0 saturated carbocycles. The van der Waals surface area contributed by atoms with Crippen LogP contribution in [0.15, 0.2) is 24.3 Å². The van der Waals surface area contributed by atoms with Gasteiger partial charge in [-0.2, -0.15) is 0 Å². The van der Waals surface area contributed by atoms with Crippen LogP contribution in [0.2, 0.25) is 0 Å². The fourth-order valence-corrected chi connectivity index (χ4v) is 0.742. The molecular weight excluding hydrogens is 166 g/mol. The lowest BCUT2D eigenvalue weighted by Crippen LogP contribution is -1.86. The number of rotatable bonds is 1. The molecule has 0 aliphatic rings. The van der Waals surface area contributed by atoms with E-state index in [9.17, 15) is 10.1 Å². The average molecular weight is 174 g/mol. The number of hydrogen-bond donors (Lipinski definition) is 0. The minimum atomic E-state index is -0.396. The summed E-state index contributed by atoms with van der Waals surface area (Å²) in [5.74, 6) is 0. The first-order chi connectivity index (χ1) is 4.70. The van der Waals surface area contributed by atoms with Crippen molar-refractivity contribution >= 4 is 18.1 Å². The standard InChI is InChI=1S/C7H7NO2.ClH/c1-6-3-2-4-7(5-6)8(9)10;/h2-5H,1H3;1H. The lowest BCUT2D eigenvalue weighted by molar-refractivity contribution is -0.384. The van der Waals surface area contributed by atoms with Crippen molar-refractivity contribution in [3.05, 3.63) is 39.9 Å². The summed E-state index contributed by atoms with van der Waals surface area (Å²) in [6, 6.07) is 6.52. The van der Waals surface area contributed by atoms with Crippen LogP contribution in [0.5, 0.6) is 0 Å². The highest BCUT2D eigenvalue weighted by molar-refractivity contribution is 5.85. The van der Waals surface area contributed by atoms with Crippen LogP contribution >= 0.6 is 12.4 Å². The predicted octanol–water partition coefficient (Wildman–Crippen LogP) is 2.33. The number of aryl methyl sites for hydroxylation is 1. The second kappa shape index (κ2) is 3.93. The van der Waals surface area contributed by atoms with Gasteiger partial charge in [-0.1, -0.05) is 12.1 Å². The minimum Gasteiger partial charge on any atom is -0.258 e. The molecule has 0 N–H and O–H groups in total. The Morgan fingerprint density at radius 3 is 2.45 bits per heavy atom. The molecule has 0 aromatic heterocycles. The fourth-order valence-electron chi connectivity index (χ4n) is 0.742. The Bertz CT molecular complexity index is 262. The highest BCUT2D eigenvalue weighted by Gasteiger charge is 2.01. The molecule has 0 bridgehead atoms. The summed E-state index contributed by atoms with van der Waals surface area (Å²) >= 11 is 0. The number of halogens is 1. The van der Waals surface area contributed by atoms with Crippen LogP contribution < -0.4 is 0 Å². The summed E-state index contributed by atoms with van der Waals surface area (Å²) in [5, 5.41) is 10.2. The van der Waals surface area contributed by atoms with Crippen LogP contribution in [-0.2, 0) is 0 Å². The Hall–Kier alpha value is -1.09. The van der Waals surface area contributed by atoms with Crippen LogP contribution in [0.1, 0.15) is 5.56 Å². The Morgan fingerprint density at radius 2 is 2.09 bits per heavy atom.